The van der Waals surface area contributed by atoms with Gasteiger partial charge in [-0.15, -0.1) is 0 Å². The molecular formula is C24H29F3N4O2. The average molecular weight is 463 g/mol. The zero-order valence-electron chi connectivity index (χ0n) is 18.7. The third kappa shape index (κ3) is 6.16. The van der Waals surface area contributed by atoms with Crippen LogP contribution < -0.4 is 15.0 Å². The van der Waals surface area contributed by atoms with Crippen LogP contribution in [0, 0.1) is 0 Å². The van der Waals surface area contributed by atoms with Crippen LogP contribution in [0.15, 0.2) is 36.5 Å². The molecule has 1 aliphatic heterocycles. The van der Waals surface area contributed by atoms with Crippen molar-refractivity contribution in [3.05, 3.63) is 53.2 Å². The minimum absolute atomic E-state index is 0.0151. The van der Waals surface area contributed by atoms with Gasteiger partial charge in [0.2, 0.25) is 5.88 Å². The minimum atomic E-state index is -4.28. The molecule has 1 unspecified atom stereocenters. The first-order valence-corrected chi connectivity index (χ1v) is 11.3. The summed E-state index contributed by atoms with van der Waals surface area (Å²) < 4.78 is 41.7. The van der Waals surface area contributed by atoms with Gasteiger partial charge in [0.15, 0.2) is 0 Å². The number of piperazine rings is 1. The second-order valence-corrected chi connectivity index (χ2v) is 8.72. The van der Waals surface area contributed by atoms with E-state index in [9.17, 15) is 18.0 Å². The highest BCUT2D eigenvalue weighted by Gasteiger charge is 2.27. The Labute approximate surface area is 191 Å². The highest BCUT2D eigenvalue weighted by atomic mass is 19.4. The first-order chi connectivity index (χ1) is 15.8. The van der Waals surface area contributed by atoms with Crippen LogP contribution in [0.4, 0.5) is 18.9 Å². The maximum absolute atomic E-state index is 12.7. The smallest absolute Gasteiger partial charge is 0.392 e. The number of hydrogen-bond acceptors (Lipinski definition) is 5. The van der Waals surface area contributed by atoms with E-state index in [4.69, 9.17) is 4.74 Å². The summed E-state index contributed by atoms with van der Waals surface area (Å²) in [6.07, 6.45) is -1.44. The van der Waals surface area contributed by atoms with Crippen LogP contribution >= 0.6 is 0 Å². The summed E-state index contributed by atoms with van der Waals surface area (Å²) in [7, 11) is 2.14. The van der Waals surface area contributed by atoms with Crippen molar-refractivity contribution in [1.29, 1.82) is 0 Å². The number of rotatable bonds is 6. The van der Waals surface area contributed by atoms with E-state index in [0.29, 0.717) is 5.56 Å². The molecule has 1 aliphatic carbocycles. The van der Waals surface area contributed by atoms with Crippen molar-refractivity contribution in [2.75, 3.05) is 44.7 Å². The number of likely N-dealkylation sites (N-methyl/N-ethyl adjacent to an activating group) is 1. The fourth-order valence-corrected chi connectivity index (χ4v) is 4.38. The first kappa shape index (κ1) is 23.4. The van der Waals surface area contributed by atoms with E-state index >= 15 is 0 Å². The molecule has 4 rings (SSSR count). The molecule has 2 aromatic rings. The first-order valence-electron chi connectivity index (χ1n) is 11.3. The van der Waals surface area contributed by atoms with Crippen molar-refractivity contribution in [2.24, 2.45) is 0 Å². The summed E-state index contributed by atoms with van der Waals surface area (Å²) in [5, 5.41) is 3.10. The highest BCUT2D eigenvalue weighted by Crippen LogP contribution is 2.31. The van der Waals surface area contributed by atoms with E-state index in [1.807, 2.05) is 0 Å². The fourth-order valence-electron chi connectivity index (χ4n) is 4.38. The zero-order valence-corrected chi connectivity index (χ0v) is 18.7. The SMILES string of the molecule is CN1CCN(c2cccc3c2CC(NC(=O)c2ccc(OCCC(F)(F)F)nc2)CC3)CC1. The summed E-state index contributed by atoms with van der Waals surface area (Å²) in [5.74, 6) is -0.172. The Bertz CT molecular complexity index is 957. The van der Waals surface area contributed by atoms with Crippen molar-refractivity contribution in [1.82, 2.24) is 15.2 Å². The molecule has 178 valence electrons. The number of alkyl halides is 3. The number of benzene rings is 1. The molecule has 6 nitrogen and oxygen atoms in total. The lowest BCUT2D eigenvalue weighted by molar-refractivity contribution is -0.139. The van der Waals surface area contributed by atoms with Crippen molar-refractivity contribution < 1.29 is 22.7 Å². The van der Waals surface area contributed by atoms with Crippen LogP contribution in [0.5, 0.6) is 5.88 Å². The molecule has 9 heteroatoms. The number of nitrogens with zero attached hydrogens (tertiary/aromatic N) is 3. The number of carbonyl (C=O) groups excluding carboxylic acids is 1. The molecule has 33 heavy (non-hydrogen) atoms. The van der Waals surface area contributed by atoms with Crippen molar-refractivity contribution in [3.63, 3.8) is 0 Å². The van der Waals surface area contributed by atoms with Gasteiger partial charge >= 0.3 is 6.18 Å². The van der Waals surface area contributed by atoms with Gasteiger partial charge < -0.3 is 19.9 Å². The third-order valence-corrected chi connectivity index (χ3v) is 6.27. The quantitative estimate of drug-likeness (QED) is 0.713. The van der Waals surface area contributed by atoms with Gasteiger partial charge in [-0.05, 0) is 49.6 Å². The average Bonchev–Trinajstić information content (AvgIpc) is 2.79. The second kappa shape index (κ2) is 9.99. The van der Waals surface area contributed by atoms with Gasteiger partial charge in [-0.1, -0.05) is 12.1 Å². The number of aryl methyl sites for hydroxylation is 1. The monoisotopic (exact) mass is 462 g/mol. The van der Waals surface area contributed by atoms with Gasteiger partial charge in [0.1, 0.15) is 0 Å². The van der Waals surface area contributed by atoms with Crippen molar-refractivity contribution in [2.45, 2.75) is 37.9 Å². The number of hydrogen-bond donors (Lipinski definition) is 1. The zero-order chi connectivity index (χ0) is 23.4. The van der Waals surface area contributed by atoms with Crippen LogP contribution in [0.3, 0.4) is 0 Å². The van der Waals surface area contributed by atoms with Gasteiger partial charge in [0, 0.05) is 50.2 Å². The summed E-state index contributed by atoms with van der Waals surface area (Å²) in [4.78, 5) is 21.5. The number of amides is 1. The Morgan fingerprint density at radius 3 is 2.67 bits per heavy atom. The van der Waals surface area contributed by atoms with Gasteiger partial charge in [-0.3, -0.25) is 4.79 Å². The number of fused-ring (bicyclic) bond motifs is 1. The Kier molecular flexibility index (Phi) is 7.07. The molecule has 0 radical (unpaired) electrons. The fraction of sp³-hybridized carbons (Fsp3) is 0.500. The topological polar surface area (TPSA) is 57.7 Å². The van der Waals surface area contributed by atoms with Crippen LogP contribution in [0.1, 0.15) is 34.3 Å². The summed E-state index contributed by atoms with van der Waals surface area (Å²) in [6, 6.07) is 9.44. The van der Waals surface area contributed by atoms with Crippen molar-refractivity contribution in [3.8, 4) is 5.88 Å². The lowest BCUT2D eigenvalue weighted by Gasteiger charge is -2.37. The van der Waals surface area contributed by atoms with Crippen LogP contribution in [-0.4, -0.2) is 67.8 Å². The number of pyridine rings is 1. The van der Waals surface area contributed by atoms with E-state index in [2.05, 4.69) is 45.3 Å². The third-order valence-electron chi connectivity index (χ3n) is 6.27. The number of carbonyl (C=O) groups is 1. The lowest BCUT2D eigenvalue weighted by Crippen LogP contribution is -2.45. The Hall–Kier alpha value is -2.81. The largest absolute Gasteiger partial charge is 0.477 e. The predicted molar refractivity (Wildman–Crippen MR) is 120 cm³/mol. The number of anilines is 1. The van der Waals surface area contributed by atoms with Crippen molar-refractivity contribution >= 4 is 11.6 Å². The molecule has 2 heterocycles. The molecule has 0 spiro atoms. The normalized spacial score (nSPS) is 19.2. The van der Waals surface area contributed by atoms with E-state index < -0.39 is 19.2 Å². The maximum atomic E-state index is 12.7. The molecule has 1 saturated heterocycles. The number of halogens is 3. The van der Waals surface area contributed by atoms with Gasteiger partial charge in [-0.25, -0.2) is 4.98 Å². The molecule has 1 aromatic carbocycles. The van der Waals surface area contributed by atoms with E-state index in [-0.39, 0.29) is 17.8 Å². The minimum Gasteiger partial charge on any atom is -0.477 e. The number of nitrogens with one attached hydrogen (secondary N) is 1. The Morgan fingerprint density at radius 2 is 1.97 bits per heavy atom. The molecule has 0 saturated carbocycles. The van der Waals surface area contributed by atoms with E-state index in [0.717, 1.165) is 45.4 Å². The molecule has 1 fully saturated rings. The van der Waals surface area contributed by atoms with Crippen LogP contribution in [0.25, 0.3) is 0 Å². The molecule has 0 bridgehead atoms. The summed E-state index contributed by atoms with van der Waals surface area (Å²) in [6.45, 7) is 3.55. The standard InChI is InChI=1S/C24H29F3N4O2/c1-30-10-12-31(13-11-30)21-4-2-3-17-5-7-19(15-20(17)21)29-23(32)18-6-8-22(28-16-18)33-14-9-24(25,26)27/h2-4,6,8,16,19H,5,7,9-15H2,1H3,(H,29,32). The van der Waals surface area contributed by atoms with E-state index in [1.54, 1.807) is 0 Å². The Balaban J connectivity index is 1.36. The molecule has 1 atom stereocenters. The number of ether oxygens (including phenoxy) is 1. The Morgan fingerprint density at radius 1 is 1.18 bits per heavy atom. The van der Waals surface area contributed by atoms with Gasteiger partial charge in [0.25, 0.3) is 5.91 Å². The van der Waals surface area contributed by atoms with Crippen LogP contribution in [0.2, 0.25) is 0 Å². The van der Waals surface area contributed by atoms with Crippen LogP contribution in [-0.2, 0) is 12.8 Å². The molecule has 2 aliphatic rings. The van der Waals surface area contributed by atoms with Gasteiger partial charge in [0.05, 0.1) is 18.6 Å². The van der Waals surface area contributed by atoms with E-state index in [1.165, 1.54) is 35.1 Å². The highest BCUT2D eigenvalue weighted by molar-refractivity contribution is 5.94. The molecule has 1 N–H and O–H groups in total. The predicted octanol–water partition coefficient (Wildman–Crippen LogP) is 3.45. The van der Waals surface area contributed by atoms with Gasteiger partial charge in [-0.2, -0.15) is 13.2 Å². The summed E-state index contributed by atoms with van der Waals surface area (Å²) >= 11 is 0. The lowest BCUT2D eigenvalue weighted by atomic mass is 9.86. The summed E-state index contributed by atoms with van der Waals surface area (Å²) in [5.41, 5.74) is 4.28. The molecular weight excluding hydrogens is 433 g/mol. The number of aromatic nitrogens is 1. The molecule has 1 amide bonds. The second-order valence-electron chi connectivity index (χ2n) is 8.72. The molecule has 1 aromatic heterocycles. The maximum Gasteiger partial charge on any atom is 0.392 e.